The molecule has 4 aliphatic rings. The third-order valence-corrected chi connectivity index (χ3v) is 22.0. The number of hydrogen-bond donors (Lipinski definition) is 11. The summed E-state index contributed by atoms with van der Waals surface area (Å²) in [7, 11) is 0. The lowest BCUT2D eigenvalue weighted by molar-refractivity contribution is -0.277. The summed E-state index contributed by atoms with van der Waals surface area (Å²) in [6.07, 6.45) is -10.3. The van der Waals surface area contributed by atoms with Gasteiger partial charge in [0.2, 0.25) is 59.1 Å². The molecule has 19 atom stereocenters. The van der Waals surface area contributed by atoms with Gasteiger partial charge in [-0.05, 0) is 70.6 Å². The number of carboxylic acid groups (broad SMARTS) is 1. The highest BCUT2D eigenvalue weighted by Gasteiger charge is 2.55. The minimum atomic E-state index is -1.32. The van der Waals surface area contributed by atoms with Gasteiger partial charge in [-0.15, -0.1) is 0 Å². The Balaban J connectivity index is 1.40. The standard InChI is InChI=1S/C93H150N10O40/c1-55(104)101-80-88(138-64(10)113)85(135-61(7)110)69(52-131-58(4)107)141-91(80)128-44-24-21-31-72(116)94-38-27-41-97-76(120)35-47-125-68-51-134-67(50-100-75(119)30-19-17-15-13-14-16-18-20-34-79(123)124)83(126-48-36-77(121)98-42-28-39-95-73(117)32-22-25-45-129-92-81(102-56(2)105)89(139-65(11)114)86(136-62(8)111)70(142-92)53-132-59(5)108)84(68)127-49-37-78(122)99-43-29-40-96-74(118)33-23-26-46-130-93-82(103-57(3)106)90(140-66(12)115)87(137-63(9)112)71(143-93)54-133-60(6)109/h67-71,80-93H,13-54H2,1-12H3,(H,94,116)(H,95,117)(H,96,118)(H,97,120)(H,98,121)(H,99,122)(H,100,119)(H,101,104)(H,102,105)(H,103,106)(H,123,124)/t67-,68+,69-,70-,71-,80-,81-,82-,83-,84-,85+,86+,87+,88-,89-,90-,91-,92-,93-/m1/s1. The van der Waals surface area contributed by atoms with E-state index in [1.54, 1.807) is 0 Å². The van der Waals surface area contributed by atoms with E-state index in [4.69, 9.17) is 95.1 Å². The Bertz CT molecular complexity index is 4030. The van der Waals surface area contributed by atoms with E-state index in [9.17, 15) is 95.9 Å². The van der Waals surface area contributed by atoms with Crippen LogP contribution in [-0.2, 0) is 186 Å². The number of aliphatic carboxylic acids is 1. The number of ether oxygens (including phenoxy) is 19. The molecule has 0 aromatic carbocycles. The van der Waals surface area contributed by atoms with E-state index >= 15 is 0 Å². The maximum absolute atomic E-state index is 13.5. The van der Waals surface area contributed by atoms with Crippen molar-refractivity contribution in [2.45, 2.75) is 360 Å². The molecule has 812 valence electrons. The van der Waals surface area contributed by atoms with Crippen LogP contribution in [-0.4, -0.2) is 352 Å². The fraction of sp³-hybridized carbons (Fsp3) is 0.785. The molecule has 50 heteroatoms. The van der Waals surface area contributed by atoms with Crippen molar-refractivity contribution in [1.29, 1.82) is 0 Å². The van der Waals surface area contributed by atoms with E-state index in [0.29, 0.717) is 70.6 Å². The number of carbonyl (C=O) groups excluding carboxylic acids is 19. The summed E-state index contributed by atoms with van der Waals surface area (Å²) in [6.45, 7) is 12.4. The molecule has 4 rings (SSSR count). The first kappa shape index (κ1) is 124. The van der Waals surface area contributed by atoms with Crippen LogP contribution in [0, 0.1) is 0 Å². The molecule has 0 saturated carbocycles. The molecule has 4 aliphatic heterocycles. The minimum absolute atomic E-state index is 0.0198. The number of rotatable bonds is 70. The van der Waals surface area contributed by atoms with Gasteiger partial charge in [-0.25, -0.2) is 0 Å². The van der Waals surface area contributed by atoms with Crippen LogP contribution >= 0.6 is 0 Å². The number of nitrogens with one attached hydrogen (secondary N) is 10. The normalized spacial score (nSPS) is 23.3. The van der Waals surface area contributed by atoms with Gasteiger partial charge in [0.1, 0.15) is 80.7 Å². The molecule has 4 heterocycles. The van der Waals surface area contributed by atoms with E-state index in [1.165, 1.54) is 20.8 Å². The summed E-state index contributed by atoms with van der Waals surface area (Å²) in [4.78, 5) is 250. The van der Waals surface area contributed by atoms with Crippen LogP contribution in [0.4, 0.5) is 0 Å². The van der Waals surface area contributed by atoms with Crippen LogP contribution < -0.4 is 53.2 Å². The van der Waals surface area contributed by atoms with Crippen LogP contribution in [0.5, 0.6) is 0 Å². The fourth-order valence-electron chi connectivity index (χ4n) is 15.6. The first-order valence-electron chi connectivity index (χ1n) is 48.7. The zero-order chi connectivity index (χ0) is 106. The van der Waals surface area contributed by atoms with Gasteiger partial charge in [0.25, 0.3) is 0 Å². The molecule has 11 N–H and O–H groups in total. The van der Waals surface area contributed by atoms with Gasteiger partial charge in [0.05, 0.1) is 26.4 Å². The second-order valence-electron chi connectivity index (χ2n) is 34.5. The number of esters is 9. The van der Waals surface area contributed by atoms with Crippen molar-refractivity contribution in [3.8, 4) is 0 Å². The Kier molecular flexibility index (Phi) is 61.4. The lowest BCUT2D eigenvalue weighted by Gasteiger charge is -2.44. The van der Waals surface area contributed by atoms with E-state index in [0.717, 1.165) is 101 Å². The predicted molar refractivity (Wildman–Crippen MR) is 493 cm³/mol. The van der Waals surface area contributed by atoms with Crippen LogP contribution in [0.15, 0.2) is 0 Å². The van der Waals surface area contributed by atoms with Gasteiger partial charge < -0.3 is 148 Å². The Morgan fingerprint density at radius 2 is 0.510 bits per heavy atom. The van der Waals surface area contributed by atoms with Crippen molar-refractivity contribution in [3.63, 3.8) is 0 Å². The summed E-state index contributed by atoms with van der Waals surface area (Å²) >= 11 is 0. The molecule has 0 unspecified atom stereocenters. The van der Waals surface area contributed by atoms with Crippen LogP contribution in [0.1, 0.15) is 244 Å². The summed E-state index contributed by atoms with van der Waals surface area (Å²) in [5, 5.41) is 36.6. The lowest BCUT2D eigenvalue weighted by atomic mass is 9.96. The molecule has 10 amide bonds. The Labute approximate surface area is 831 Å². The van der Waals surface area contributed by atoms with E-state index < -0.39 is 231 Å². The highest BCUT2D eigenvalue weighted by molar-refractivity contribution is 5.80. The van der Waals surface area contributed by atoms with Gasteiger partial charge in [-0.1, -0.05) is 38.5 Å². The summed E-state index contributed by atoms with van der Waals surface area (Å²) in [5.41, 5.74) is 0. The maximum atomic E-state index is 13.5. The van der Waals surface area contributed by atoms with Gasteiger partial charge in [-0.2, -0.15) is 0 Å². The summed E-state index contributed by atoms with van der Waals surface area (Å²) in [5.74, 6) is -11.7. The molecular weight excluding hydrogens is 1900 g/mol. The molecule has 50 nitrogen and oxygen atoms in total. The maximum Gasteiger partial charge on any atom is 0.303 e. The molecule has 0 aliphatic carbocycles. The molecule has 0 aromatic rings. The molecular formula is C93H150N10O40. The zero-order valence-electron chi connectivity index (χ0n) is 84.0. The van der Waals surface area contributed by atoms with E-state index in [2.05, 4.69) is 53.2 Å². The second kappa shape index (κ2) is 70.7. The van der Waals surface area contributed by atoms with Gasteiger partial charge in [0.15, 0.2) is 55.5 Å². The van der Waals surface area contributed by atoms with E-state index in [-0.39, 0.29) is 167 Å². The van der Waals surface area contributed by atoms with Gasteiger partial charge >= 0.3 is 59.7 Å². The molecule has 0 radical (unpaired) electrons. The third kappa shape index (κ3) is 54.0. The van der Waals surface area contributed by atoms with Crippen molar-refractivity contribution >= 4 is 119 Å². The summed E-state index contributed by atoms with van der Waals surface area (Å²) < 4.78 is 110. The Morgan fingerprint density at radius 1 is 0.252 bits per heavy atom. The van der Waals surface area contributed by atoms with Crippen molar-refractivity contribution in [2.24, 2.45) is 0 Å². The quantitative estimate of drug-likeness (QED) is 0.0220. The first-order valence-corrected chi connectivity index (χ1v) is 48.7. The largest absolute Gasteiger partial charge is 0.481 e. The topological polar surface area (TPSA) is 657 Å². The smallest absolute Gasteiger partial charge is 0.303 e. The van der Waals surface area contributed by atoms with Crippen molar-refractivity contribution in [3.05, 3.63) is 0 Å². The van der Waals surface area contributed by atoms with Crippen molar-refractivity contribution in [1.82, 2.24) is 53.2 Å². The predicted octanol–water partition coefficient (Wildman–Crippen LogP) is 0.209. The Hall–Kier alpha value is -11.0. The highest BCUT2D eigenvalue weighted by atomic mass is 16.7. The number of amides is 10. The molecule has 0 bridgehead atoms. The monoisotopic (exact) mass is 2050 g/mol. The molecule has 4 fully saturated rings. The lowest BCUT2D eigenvalue weighted by Crippen LogP contribution is -2.66. The molecule has 4 saturated heterocycles. The molecule has 0 aromatic heterocycles. The highest BCUT2D eigenvalue weighted by Crippen LogP contribution is 2.33. The minimum Gasteiger partial charge on any atom is -0.481 e. The molecule has 143 heavy (non-hydrogen) atoms. The number of unbranched alkanes of at least 4 members (excludes halogenated alkanes) is 10. The number of carboxylic acids is 1. The first-order chi connectivity index (χ1) is 68.1. The van der Waals surface area contributed by atoms with Crippen LogP contribution in [0.3, 0.4) is 0 Å². The average Bonchev–Trinajstić information content (AvgIpc) is 0.792. The third-order valence-electron chi connectivity index (χ3n) is 22.0. The number of hydrogen-bond acceptors (Lipinski definition) is 39. The van der Waals surface area contributed by atoms with E-state index in [1.807, 2.05) is 0 Å². The zero-order valence-corrected chi connectivity index (χ0v) is 84.0. The fourth-order valence-corrected chi connectivity index (χ4v) is 15.6. The average molecular weight is 2050 g/mol. The van der Waals surface area contributed by atoms with Crippen molar-refractivity contribution < 1.29 is 191 Å². The van der Waals surface area contributed by atoms with Gasteiger partial charge in [-0.3, -0.25) is 95.9 Å². The molecule has 0 spiro atoms. The van der Waals surface area contributed by atoms with Crippen LogP contribution in [0.2, 0.25) is 0 Å². The SMILES string of the molecule is CC(=O)N[C@H]1[C@H](OCCCCC(=O)NCCCNC(=O)CCO[C@H]2[C@H](OCCC(=O)NCCCNC(=O)CCCCO[C@@H]3O[C@H](COC(C)=O)[C@H](OC(C)=O)[C@H](OC(C)=O)[C@H]3NC(C)=O)[C@@H](CNC(=O)CCCCCCCCCCC(=O)O)OC[C@@H]2OCCC(=O)NCCCNC(=O)CCCCO[C@@H]2O[C@H](COC(C)=O)[C@H](OC(C)=O)[C@H](OC(C)=O)[C@H]2NC(C)=O)O[C@H](COC(C)=O)[C@H](OC(C)=O)[C@@H]1OC(C)=O. The van der Waals surface area contributed by atoms with Gasteiger partial charge in [0, 0.05) is 200 Å². The van der Waals surface area contributed by atoms with Crippen molar-refractivity contribution in [2.75, 3.05) is 112 Å². The van der Waals surface area contributed by atoms with Crippen LogP contribution in [0.25, 0.3) is 0 Å². The second-order valence-corrected chi connectivity index (χ2v) is 34.5. The summed E-state index contributed by atoms with van der Waals surface area (Å²) in [6, 6.07) is -3.54. The Morgan fingerprint density at radius 3 is 0.797 bits per heavy atom. The number of carbonyl (C=O) groups is 20.